The third kappa shape index (κ3) is 1.14. The highest BCUT2D eigenvalue weighted by molar-refractivity contribution is 7.13. The normalized spacial score (nSPS) is 9.30. The average molecular weight is 152 g/mol. The SMILES string of the molecule is C=Cc1nc(C)sc1C=N. The number of thiazole rings is 1. The first-order valence-corrected chi connectivity index (χ1v) is 3.70. The molecule has 2 nitrogen and oxygen atoms in total. The lowest BCUT2D eigenvalue weighted by atomic mass is 10.4. The van der Waals surface area contributed by atoms with Crippen molar-refractivity contribution in [1.29, 1.82) is 5.41 Å². The summed E-state index contributed by atoms with van der Waals surface area (Å²) in [7, 11) is 0. The van der Waals surface area contributed by atoms with Gasteiger partial charge in [0.2, 0.25) is 0 Å². The first-order valence-electron chi connectivity index (χ1n) is 2.88. The molecule has 0 bridgehead atoms. The Balaban J connectivity index is 3.20. The molecule has 1 aromatic heterocycles. The second-order valence-corrected chi connectivity index (χ2v) is 3.07. The van der Waals surface area contributed by atoms with Crippen molar-refractivity contribution < 1.29 is 0 Å². The Morgan fingerprint density at radius 3 is 2.80 bits per heavy atom. The minimum atomic E-state index is 0.817. The number of aryl methyl sites for hydroxylation is 1. The third-order valence-electron chi connectivity index (χ3n) is 1.11. The molecule has 0 aliphatic heterocycles. The van der Waals surface area contributed by atoms with Gasteiger partial charge >= 0.3 is 0 Å². The van der Waals surface area contributed by atoms with Gasteiger partial charge in [-0.2, -0.15) is 0 Å². The van der Waals surface area contributed by atoms with Crippen molar-refractivity contribution in [2.45, 2.75) is 6.92 Å². The van der Waals surface area contributed by atoms with Crippen molar-refractivity contribution in [3.63, 3.8) is 0 Å². The molecule has 1 N–H and O–H groups in total. The van der Waals surface area contributed by atoms with Gasteiger partial charge in [-0.25, -0.2) is 4.98 Å². The van der Waals surface area contributed by atoms with E-state index in [4.69, 9.17) is 5.41 Å². The van der Waals surface area contributed by atoms with Crippen LogP contribution in [-0.4, -0.2) is 11.2 Å². The first kappa shape index (κ1) is 7.15. The molecule has 0 spiro atoms. The van der Waals surface area contributed by atoms with Crippen LogP contribution in [0, 0.1) is 12.3 Å². The molecule has 0 saturated carbocycles. The molecule has 52 valence electrons. The Morgan fingerprint density at radius 2 is 2.40 bits per heavy atom. The Hall–Kier alpha value is -0.960. The zero-order valence-corrected chi connectivity index (χ0v) is 6.53. The number of nitrogens with one attached hydrogen (secondary N) is 1. The van der Waals surface area contributed by atoms with Crippen LogP contribution in [0.25, 0.3) is 6.08 Å². The van der Waals surface area contributed by atoms with E-state index in [9.17, 15) is 0 Å². The quantitative estimate of drug-likeness (QED) is 0.647. The molecule has 0 fully saturated rings. The fourth-order valence-electron chi connectivity index (χ4n) is 0.709. The van der Waals surface area contributed by atoms with Crippen LogP contribution in [0.15, 0.2) is 6.58 Å². The predicted molar refractivity (Wildman–Crippen MR) is 44.8 cm³/mol. The van der Waals surface area contributed by atoms with Crippen molar-refractivity contribution >= 4 is 23.6 Å². The predicted octanol–water partition coefficient (Wildman–Crippen LogP) is 2.09. The molecule has 1 heterocycles. The molecule has 1 aromatic rings. The maximum atomic E-state index is 7.00. The van der Waals surface area contributed by atoms with E-state index >= 15 is 0 Å². The number of hydrogen-bond acceptors (Lipinski definition) is 3. The summed E-state index contributed by atoms with van der Waals surface area (Å²) in [6.45, 7) is 5.52. The topological polar surface area (TPSA) is 36.7 Å². The van der Waals surface area contributed by atoms with Crippen molar-refractivity contribution in [2.24, 2.45) is 0 Å². The van der Waals surface area contributed by atoms with Crippen LogP contribution in [0.2, 0.25) is 0 Å². The molecule has 0 aliphatic carbocycles. The van der Waals surface area contributed by atoms with Crippen LogP contribution in [0.4, 0.5) is 0 Å². The minimum Gasteiger partial charge on any atom is -0.307 e. The van der Waals surface area contributed by atoms with Crippen molar-refractivity contribution in [3.8, 4) is 0 Å². The van der Waals surface area contributed by atoms with Gasteiger partial charge in [-0.15, -0.1) is 11.3 Å². The maximum absolute atomic E-state index is 7.00. The molecule has 10 heavy (non-hydrogen) atoms. The first-order chi connectivity index (χ1) is 4.77. The molecule has 0 atom stereocenters. The van der Waals surface area contributed by atoms with Crippen LogP contribution in [-0.2, 0) is 0 Å². The smallest absolute Gasteiger partial charge is 0.0908 e. The lowest BCUT2D eigenvalue weighted by Gasteiger charge is -1.81. The van der Waals surface area contributed by atoms with Crippen LogP contribution >= 0.6 is 11.3 Å². The third-order valence-corrected chi connectivity index (χ3v) is 2.05. The summed E-state index contributed by atoms with van der Waals surface area (Å²) in [6, 6.07) is 0. The molecule has 0 saturated heterocycles. The molecule has 0 aromatic carbocycles. The fourth-order valence-corrected chi connectivity index (χ4v) is 1.46. The van der Waals surface area contributed by atoms with Crippen LogP contribution < -0.4 is 0 Å². The van der Waals surface area contributed by atoms with E-state index in [0.717, 1.165) is 15.6 Å². The molecule has 0 amide bonds. The zero-order chi connectivity index (χ0) is 7.56. The Bertz CT molecular complexity index is 237. The highest BCUT2D eigenvalue weighted by atomic mass is 32.1. The summed E-state index contributed by atoms with van der Waals surface area (Å²) >= 11 is 1.51. The van der Waals surface area contributed by atoms with E-state index < -0.39 is 0 Å². The number of aromatic nitrogens is 1. The standard InChI is InChI=1S/C7H8N2S/c1-3-6-7(4-8)10-5(2)9-6/h3-4,8H,1H2,2H3. The summed E-state index contributed by atoms with van der Waals surface area (Å²) in [5.74, 6) is 0. The van der Waals surface area contributed by atoms with E-state index in [1.807, 2.05) is 6.92 Å². The van der Waals surface area contributed by atoms with Crippen LogP contribution in [0.3, 0.4) is 0 Å². The van der Waals surface area contributed by atoms with E-state index in [1.54, 1.807) is 6.08 Å². The number of rotatable bonds is 2. The summed E-state index contributed by atoms with van der Waals surface area (Å²) in [5.41, 5.74) is 0.817. The molecule has 0 unspecified atom stereocenters. The van der Waals surface area contributed by atoms with Gasteiger partial charge in [-0.05, 0) is 13.0 Å². The van der Waals surface area contributed by atoms with Gasteiger partial charge in [0.05, 0.1) is 15.6 Å². The van der Waals surface area contributed by atoms with Crippen LogP contribution in [0.5, 0.6) is 0 Å². The number of nitrogens with zero attached hydrogens (tertiary/aromatic N) is 1. The largest absolute Gasteiger partial charge is 0.307 e. The van der Waals surface area contributed by atoms with E-state index in [-0.39, 0.29) is 0 Å². The van der Waals surface area contributed by atoms with Crippen molar-refractivity contribution in [3.05, 3.63) is 22.2 Å². The van der Waals surface area contributed by atoms with Gasteiger partial charge in [0, 0.05) is 6.21 Å². The van der Waals surface area contributed by atoms with Gasteiger partial charge in [-0.3, -0.25) is 0 Å². The van der Waals surface area contributed by atoms with Gasteiger partial charge in [0.1, 0.15) is 0 Å². The van der Waals surface area contributed by atoms with E-state index in [2.05, 4.69) is 11.6 Å². The lowest BCUT2D eigenvalue weighted by Crippen LogP contribution is -1.77. The molecular formula is C7H8N2S. The minimum absolute atomic E-state index is 0.817. The van der Waals surface area contributed by atoms with Gasteiger partial charge in [0.25, 0.3) is 0 Å². The summed E-state index contributed by atoms with van der Waals surface area (Å²) < 4.78 is 0. The maximum Gasteiger partial charge on any atom is 0.0908 e. The zero-order valence-electron chi connectivity index (χ0n) is 5.72. The van der Waals surface area contributed by atoms with Crippen LogP contribution in [0.1, 0.15) is 15.6 Å². The molecular weight excluding hydrogens is 144 g/mol. The molecule has 1 rings (SSSR count). The Kier molecular flexibility index (Phi) is 1.97. The molecule has 3 heteroatoms. The highest BCUT2D eigenvalue weighted by Gasteiger charge is 2.00. The lowest BCUT2D eigenvalue weighted by molar-refractivity contribution is 1.27. The average Bonchev–Trinajstić information content (AvgIpc) is 2.30. The van der Waals surface area contributed by atoms with Gasteiger partial charge in [0.15, 0.2) is 0 Å². The van der Waals surface area contributed by atoms with Crippen molar-refractivity contribution in [1.82, 2.24) is 4.98 Å². The fraction of sp³-hybridized carbons (Fsp3) is 0.143. The monoisotopic (exact) mass is 152 g/mol. The number of hydrogen-bond donors (Lipinski definition) is 1. The summed E-state index contributed by atoms with van der Waals surface area (Å²) in [4.78, 5) is 5.03. The Morgan fingerprint density at radius 1 is 1.70 bits per heavy atom. The van der Waals surface area contributed by atoms with Gasteiger partial charge in [-0.1, -0.05) is 6.58 Å². The summed E-state index contributed by atoms with van der Waals surface area (Å²) in [5, 5.41) is 7.98. The van der Waals surface area contributed by atoms with E-state index in [1.165, 1.54) is 17.6 Å². The second-order valence-electron chi connectivity index (χ2n) is 1.83. The molecule has 0 radical (unpaired) electrons. The Labute approximate surface area is 63.7 Å². The van der Waals surface area contributed by atoms with E-state index in [0.29, 0.717) is 0 Å². The second kappa shape index (κ2) is 2.75. The summed E-state index contributed by atoms with van der Waals surface area (Å²) in [6.07, 6.45) is 2.98. The van der Waals surface area contributed by atoms with Crippen molar-refractivity contribution in [2.75, 3.05) is 0 Å². The van der Waals surface area contributed by atoms with Gasteiger partial charge < -0.3 is 5.41 Å². The highest BCUT2D eigenvalue weighted by Crippen LogP contribution is 2.15. The molecule has 0 aliphatic rings.